The highest BCUT2D eigenvalue weighted by atomic mass is 16.4. The van der Waals surface area contributed by atoms with E-state index >= 15 is 0 Å². The maximum atomic E-state index is 12.6. The smallest absolute Gasteiger partial charge is 0.303 e. The van der Waals surface area contributed by atoms with Crippen LogP contribution < -0.4 is 0 Å². The molecular weight excluding hydrogens is 258 g/mol. The van der Waals surface area contributed by atoms with Gasteiger partial charge in [-0.15, -0.1) is 0 Å². The van der Waals surface area contributed by atoms with Crippen LogP contribution in [0.15, 0.2) is 12.4 Å². The fraction of sp³-hybridized carbons (Fsp3) is 0.643. The zero-order valence-corrected chi connectivity index (χ0v) is 11.5. The number of fused-ring (bicyclic) bond motifs is 2. The average molecular weight is 277 g/mol. The fourth-order valence-electron chi connectivity index (χ4n) is 3.72. The van der Waals surface area contributed by atoms with Crippen molar-refractivity contribution in [3.05, 3.63) is 18.0 Å². The second-order valence-corrected chi connectivity index (χ2v) is 5.94. The first-order valence-electron chi connectivity index (χ1n) is 7.07. The minimum absolute atomic E-state index is 0.0411. The van der Waals surface area contributed by atoms with Gasteiger partial charge in [0.15, 0.2) is 0 Å². The van der Waals surface area contributed by atoms with E-state index in [9.17, 15) is 9.59 Å². The molecule has 1 amide bonds. The lowest BCUT2D eigenvalue weighted by molar-refractivity contribution is -0.138. The van der Waals surface area contributed by atoms with E-state index in [0.717, 1.165) is 25.7 Å². The molecule has 0 saturated carbocycles. The maximum absolute atomic E-state index is 12.6. The molecule has 108 valence electrons. The topological polar surface area (TPSA) is 75.4 Å². The SMILES string of the molecule is Cn1cc(C(=O)N2C3CCC2CC(CC(=O)O)C3)cn1. The number of hydrogen-bond donors (Lipinski definition) is 1. The van der Waals surface area contributed by atoms with Gasteiger partial charge in [0.2, 0.25) is 0 Å². The summed E-state index contributed by atoms with van der Waals surface area (Å²) >= 11 is 0. The Balaban J connectivity index is 1.74. The molecule has 1 aromatic heterocycles. The third-order valence-corrected chi connectivity index (χ3v) is 4.48. The molecule has 2 saturated heterocycles. The number of hydrogen-bond acceptors (Lipinski definition) is 3. The Kier molecular flexibility index (Phi) is 3.23. The predicted molar refractivity (Wildman–Crippen MR) is 71.2 cm³/mol. The summed E-state index contributed by atoms with van der Waals surface area (Å²) in [6, 6.07) is 0.400. The van der Waals surface area contributed by atoms with Gasteiger partial charge in [-0.25, -0.2) is 0 Å². The monoisotopic (exact) mass is 277 g/mol. The van der Waals surface area contributed by atoms with E-state index in [1.165, 1.54) is 0 Å². The second kappa shape index (κ2) is 4.92. The normalized spacial score (nSPS) is 28.6. The Morgan fingerprint density at radius 1 is 1.35 bits per heavy atom. The summed E-state index contributed by atoms with van der Waals surface area (Å²) in [5.41, 5.74) is 0.626. The lowest BCUT2D eigenvalue weighted by atomic mass is 9.88. The van der Waals surface area contributed by atoms with E-state index in [2.05, 4.69) is 5.10 Å². The predicted octanol–water partition coefficient (Wildman–Crippen LogP) is 1.28. The standard InChI is InChI=1S/C14H19N3O3/c1-16-8-10(7-15-16)14(20)17-11-2-3-12(17)5-9(4-11)6-13(18)19/h7-9,11-12H,2-6H2,1H3,(H,18,19). The number of piperidine rings is 1. The van der Waals surface area contributed by atoms with Gasteiger partial charge in [-0.1, -0.05) is 0 Å². The molecule has 0 radical (unpaired) electrons. The van der Waals surface area contributed by atoms with Crippen molar-refractivity contribution >= 4 is 11.9 Å². The first-order chi connectivity index (χ1) is 9.54. The van der Waals surface area contributed by atoms with Crippen LogP contribution in [0, 0.1) is 5.92 Å². The van der Waals surface area contributed by atoms with Crippen LogP contribution in [0.1, 0.15) is 42.5 Å². The molecule has 0 aliphatic carbocycles. The first-order valence-corrected chi connectivity index (χ1v) is 7.07. The van der Waals surface area contributed by atoms with E-state index < -0.39 is 5.97 Å². The number of nitrogens with zero attached hydrogens (tertiary/aromatic N) is 3. The summed E-state index contributed by atoms with van der Waals surface area (Å²) in [5, 5.41) is 13.0. The maximum Gasteiger partial charge on any atom is 0.303 e. The molecule has 1 aromatic rings. The zero-order valence-electron chi connectivity index (χ0n) is 11.5. The zero-order chi connectivity index (χ0) is 14.3. The Labute approximate surface area is 117 Å². The van der Waals surface area contributed by atoms with Gasteiger partial charge < -0.3 is 10.0 Å². The average Bonchev–Trinajstić information content (AvgIpc) is 2.91. The molecule has 0 spiro atoms. The number of rotatable bonds is 3. The molecule has 2 unspecified atom stereocenters. The summed E-state index contributed by atoms with van der Waals surface area (Å²) in [6.45, 7) is 0. The summed E-state index contributed by atoms with van der Waals surface area (Å²) in [5.74, 6) is -0.483. The summed E-state index contributed by atoms with van der Waals surface area (Å²) in [4.78, 5) is 25.4. The summed E-state index contributed by atoms with van der Waals surface area (Å²) < 4.78 is 1.63. The van der Waals surface area contributed by atoms with Crippen molar-refractivity contribution in [1.29, 1.82) is 0 Å². The third-order valence-electron chi connectivity index (χ3n) is 4.48. The van der Waals surface area contributed by atoms with Gasteiger partial charge in [0.1, 0.15) is 0 Å². The van der Waals surface area contributed by atoms with Gasteiger partial charge in [0, 0.05) is 31.7 Å². The Hall–Kier alpha value is -1.85. The number of carbonyl (C=O) groups is 2. The van der Waals surface area contributed by atoms with Crippen LogP contribution >= 0.6 is 0 Å². The molecular formula is C14H19N3O3. The number of carboxylic acids is 1. The number of carbonyl (C=O) groups excluding carboxylic acids is 1. The quantitative estimate of drug-likeness (QED) is 0.903. The highest BCUT2D eigenvalue weighted by Gasteiger charge is 2.43. The third kappa shape index (κ3) is 2.30. The number of amides is 1. The molecule has 1 N–H and O–H groups in total. The van der Waals surface area contributed by atoms with Crippen LogP contribution in [0.2, 0.25) is 0 Å². The largest absolute Gasteiger partial charge is 0.481 e. The minimum Gasteiger partial charge on any atom is -0.481 e. The van der Waals surface area contributed by atoms with Crippen molar-refractivity contribution in [2.75, 3.05) is 0 Å². The van der Waals surface area contributed by atoms with Gasteiger partial charge in [0.05, 0.1) is 11.8 Å². The second-order valence-electron chi connectivity index (χ2n) is 5.94. The van der Waals surface area contributed by atoms with Gasteiger partial charge in [0.25, 0.3) is 5.91 Å². The number of carboxylic acid groups (broad SMARTS) is 1. The van der Waals surface area contributed by atoms with Crippen LogP contribution in [0.3, 0.4) is 0 Å². The van der Waals surface area contributed by atoms with Crippen LogP contribution in [-0.4, -0.2) is 43.7 Å². The van der Waals surface area contributed by atoms with Gasteiger partial charge in [-0.3, -0.25) is 14.3 Å². The van der Waals surface area contributed by atoms with Crippen molar-refractivity contribution in [2.24, 2.45) is 13.0 Å². The van der Waals surface area contributed by atoms with E-state index in [0.29, 0.717) is 5.56 Å². The van der Waals surface area contributed by atoms with E-state index in [4.69, 9.17) is 5.11 Å². The molecule has 0 aromatic carbocycles. The molecule has 2 aliphatic heterocycles. The highest BCUT2D eigenvalue weighted by Crippen LogP contribution is 2.40. The van der Waals surface area contributed by atoms with Crippen molar-refractivity contribution in [1.82, 2.24) is 14.7 Å². The molecule has 6 heteroatoms. The van der Waals surface area contributed by atoms with Crippen molar-refractivity contribution in [3.63, 3.8) is 0 Å². The number of aryl methyl sites for hydroxylation is 1. The Bertz CT molecular complexity index is 526. The molecule has 3 heterocycles. The van der Waals surface area contributed by atoms with Gasteiger partial charge in [-0.05, 0) is 31.6 Å². The van der Waals surface area contributed by atoms with Crippen LogP contribution in [-0.2, 0) is 11.8 Å². The van der Waals surface area contributed by atoms with E-state index in [-0.39, 0.29) is 30.3 Å². The van der Waals surface area contributed by atoms with Crippen LogP contribution in [0.4, 0.5) is 0 Å². The molecule has 2 fully saturated rings. The molecule has 3 rings (SSSR count). The Morgan fingerprint density at radius 3 is 2.50 bits per heavy atom. The molecule has 20 heavy (non-hydrogen) atoms. The van der Waals surface area contributed by atoms with Crippen molar-refractivity contribution < 1.29 is 14.7 Å². The minimum atomic E-state index is -0.735. The van der Waals surface area contributed by atoms with Gasteiger partial charge >= 0.3 is 5.97 Å². The lowest BCUT2D eigenvalue weighted by Crippen LogP contribution is -2.46. The summed E-state index contributed by atoms with van der Waals surface area (Å²) in [6.07, 6.45) is 7.18. The molecule has 2 atom stereocenters. The fourth-order valence-corrected chi connectivity index (χ4v) is 3.72. The summed E-state index contributed by atoms with van der Waals surface area (Å²) in [7, 11) is 1.80. The van der Waals surface area contributed by atoms with Crippen molar-refractivity contribution in [2.45, 2.75) is 44.2 Å². The van der Waals surface area contributed by atoms with Crippen LogP contribution in [0.25, 0.3) is 0 Å². The Morgan fingerprint density at radius 2 is 2.00 bits per heavy atom. The lowest BCUT2D eigenvalue weighted by Gasteiger charge is -2.38. The molecule has 6 nitrogen and oxygen atoms in total. The highest BCUT2D eigenvalue weighted by molar-refractivity contribution is 5.94. The number of aromatic nitrogens is 2. The van der Waals surface area contributed by atoms with Gasteiger partial charge in [-0.2, -0.15) is 5.10 Å². The van der Waals surface area contributed by atoms with Crippen molar-refractivity contribution in [3.8, 4) is 0 Å². The molecule has 2 bridgehead atoms. The van der Waals surface area contributed by atoms with E-state index in [1.54, 1.807) is 24.1 Å². The number of aliphatic carboxylic acids is 1. The molecule has 2 aliphatic rings. The van der Waals surface area contributed by atoms with E-state index in [1.807, 2.05) is 4.90 Å². The van der Waals surface area contributed by atoms with Crippen LogP contribution in [0.5, 0.6) is 0 Å². The first kappa shape index (κ1) is 13.1.